The number of nitrogens with zero attached hydrogens (tertiary/aromatic N) is 1. The number of ether oxygens (including phenoxy) is 1. The topological polar surface area (TPSA) is 46.6 Å². The van der Waals surface area contributed by atoms with Gasteiger partial charge in [0.05, 0.1) is 13.5 Å². The van der Waals surface area contributed by atoms with Crippen molar-refractivity contribution in [3.63, 3.8) is 0 Å². The number of esters is 1. The maximum absolute atomic E-state index is 11.1. The zero-order valence-electron chi connectivity index (χ0n) is 9.49. The fraction of sp³-hybridized carbons (Fsp3) is 0.818. The van der Waals surface area contributed by atoms with Crippen LogP contribution in [0.3, 0.4) is 0 Å². The van der Waals surface area contributed by atoms with Crippen molar-refractivity contribution in [1.29, 1.82) is 0 Å². The van der Waals surface area contributed by atoms with Gasteiger partial charge < -0.3 is 9.64 Å². The Bertz CT molecular complexity index is 230. The molecule has 0 unspecified atom stereocenters. The Balaban J connectivity index is 2.24. The molecule has 0 heterocycles. The van der Waals surface area contributed by atoms with E-state index in [1.807, 2.05) is 7.05 Å². The van der Waals surface area contributed by atoms with E-state index in [2.05, 4.69) is 9.64 Å². The second-order valence-electron chi connectivity index (χ2n) is 4.08. The number of methoxy groups -OCH3 is 1. The molecule has 0 N–H and O–H groups in total. The van der Waals surface area contributed by atoms with E-state index in [1.54, 1.807) is 0 Å². The highest BCUT2D eigenvalue weighted by Gasteiger charge is 2.22. The molecule has 15 heavy (non-hydrogen) atoms. The molecule has 0 bridgehead atoms. The number of carbonyl (C=O) groups is 2. The van der Waals surface area contributed by atoms with Crippen molar-refractivity contribution in [2.45, 2.75) is 38.1 Å². The summed E-state index contributed by atoms with van der Waals surface area (Å²) in [5.41, 5.74) is 0. The first-order valence-electron chi connectivity index (χ1n) is 5.42. The maximum Gasteiger partial charge on any atom is 0.306 e. The van der Waals surface area contributed by atoms with Crippen molar-refractivity contribution in [3.05, 3.63) is 0 Å². The highest BCUT2D eigenvalue weighted by Crippen LogP contribution is 2.19. The molecular weight excluding hydrogens is 194 g/mol. The van der Waals surface area contributed by atoms with Crippen LogP contribution in [0.25, 0.3) is 0 Å². The van der Waals surface area contributed by atoms with Crippen molar-refractivity contribution in [1.82, 2.24) is 4.90 Å². The highest BCUT2D eigenvalue weighted by atomic mass is 16.5. The average Bonchev–Trinajstić information content (AvgIpc) is 2.26. The third kappa shape index (κ3) is 4.00. The first-order chi connectivity index (χ1) is 7.13. The summed E-state index contributed by atoms with van der Waals surface area (Å²) in [7, 11) is 3.41. The quantitative estimate of drug-likeness (QED) is 0.653. The van der Waals surface area contributed by atoms with Gasteiger partial charge in [0, 0.05) is 25.4 Å². The molecule has 0 spiro atoms. The molecule has 1 rings (SSSR count). The van der Waals surface area contributed by atoms with Gasteiger partial charge in [-0.1, -0.05) is 0 Å². The molecule has 1 aliphatic rings. The Labute approximate surface area is 90.6 Å². The Kier molecular flexibility index (Phi) is 4.75. The predicted molar refractivity (Wildman–Crippen MR) is 56.5 cm³/mol. The van der Waals surface area contributed by atoms with Crippen LogP contribution in [0.4, 0.5) is 0 Å². The minimum atomic E-state index is -0.172. The SMILES string of the molecule is COC(=O)CCN(C)C1CCC(=O)CC1. The summed E-state index contributed by atoms with van der Waals surface area (Å²) in [6, 6.07) is 0.451. The molecule has 0 saturated heterocycles. The van der Waals surface area contributed by atoms with E-state index in [0.717, 1.165) is 12.8 Å². The molecule has 0 amide bonds. The molecule has 0 aromatic rings. The van der Waals surface area contributed by atoms with E-state index in [9.17, 15) is 9.59 Å². The van der Waals surface area contributed by atoms with Crippen LogP contribution < -0.4 is 0 Å². The van der Waals surface area contributed by atoms with E-state index in [4.69, 9.17) is 0 Å². The van der Waals surface area contributed by atoms with Gasteiger partial charge in [0.2, 0.25) is 0 Å². The maximum atomic E-state index is 11.1. The van der Waals surface area contributed by atoms with Crippen LogP contribution in [0.15, 0.2) is 0 Å². The second kappa shape index (κ2) is 5.85. The Morgan fingerprint density at radius 3 is 2.60 bits per heavy atom. The van der Waals surface area contributed by atoms with Crippen LogP contribution in [0.5, 0.6) is 0 Å². The normalized spacial score (nSPS) is 18.2. The standard InChI is InChI=1S/C11H19NO3/c1-12(8-7-11(14)15-2)9-3-5-10(13)6-4-9/h9H,3-8H2,1-2H3. The molecule has 0 aromatic heterocycles. The van der Waals surface area contributed by atoms with Gasteiger partial charge in [-0.05, 0) is 19.9 Å². The molecule has 0 aliphatic heterocycles. The van der Waals surface area contributed by atoms with Crippen LogP contribution in [-0.2, 0) is 14.3 Å². The van der Waals surface area contributed by atoms with Gasteiger partial charge in [-0.2, -0.15) is 0 Å². The summed E-state index contributed by atoms with van der Waals surface area (Å²) < 4.78 is 4.59. The van der Waals surface area contributed by atoms with Gasteiger partial charge in [0.25, 0.3) is 0 Å². The first-order valence-corrected chi connectivity index (χ1v) is 5.42. The monoisotopic (exact) mass is 213 g/mol. The van der Waals surface area contributed by atoms with E-state index >= 15 is 0 Å². The van der Waals surface area contributed by atoms with E-state index in [1.165, 1.54) is 7.11 Å². The lowest BCUT2D eigenvalue weighted by Gasteiger charge is -2.30. The molecule has 0 radical (unpaired) electrons. The lowest BCUT2D eigenvalue weighted by molar-refractivity contribution is -0.141. The van der Waals surface area contributed by atoms with Crippen molar-refractivity contribution in [2.75, 3.05) is 20.7 Å². The van der Waals surface area contributed by atoms with Gasteiger partial charge in [-0.3, -0.25) is 9.59 Å². The van der Waals surface area contributed by atoms with Gasteiger partial charge in [0.15, 0.2) is 0 Å². The molecule has 0 atom stereocenters. The third-order valence-corrected chi connectivity index (χ3v) is 3.03. The fourth-order valence-electron chi connectivity index (χ4n) is 1.92. The van der Waals surface area contributed by atoms with E-state index in [-0.39, 0.29) is 5.97 Å². The van der Waals surface area contributed by atoms with E-state index < -0.39 is 0 Å². The van der Waals surface area contributed by atoms with Crippen molar-refractivity contribution < 1.29 is 14.3 Å². The Morgan fingerprint density at radius 1 is 1.47 bits per heavy atom. The third-order valence-electron chi connectivity index (χ3n) is 3.03. The Hall–Kier alpha value is -0.900. The number of hydrogen-bond donors (Lipinski definition) is 0. The summed E-state index contributed by atoms with van der Waals surface area (Å²) in [5.74, 6) is 0.196. The summed E-state index contributed by atoms with van der Waals surface area (Å²) in [5, 5.41) is 0. The number of hydrogen-bond acceptors (Lipinski definition) is 4. The smallest absolute Gasteiger partial charge is 0.306 e. The van der Waals surface area contributed by atoms with Crippen molar-refractivity contribution >= 4 is 11.8 Å². The predicted octanol–water partition coefficient (Wildman–Crippen LogP) is 0.993. The minimum Gasteiger partial charge on any atom is -0.469 e. The minimum absolute atomic E-state index is 0.172. The number of ketones is 1. The number of carbonyl (C=O) groups excluding carboxylic acids is 2. The van der Waals surface area contributed by atoms with Gasteiger partial charge >= 0.3 is 5.97 Å². The van der Waals surface area contributed by atoms with Gasteiger partial charge in [-0.25, -0.2) is 0 Å². The molecule has 1 aliphatic carbocycles. The highest BCUT2D eigenvalue weighted by molar-refractivity contribution is 5.79. The molecule has 1 fully saturated rings. The average molecular weight is 213 g/mol. The molecule has 1 saturated carbocycles. The number of Topliss-reactive ketones (excluding diaryl/α,β-unsaturated/α-hetero) is 1. The largest absolute Gasteiger partial charge is 0.469 e. The van der Waals surface area contributed by atoms with Crippen LogP contribution in [0.1, 0.15) is 32.1 Å². The number of rotatable bonds is 4. The van der Waals surface area contributed by atoms with Crippen LogP contribution >= 0.6 is 0 Å². The molecule has 0 aromatic carbocycles. The van der Waals surface area contributed by atoms with Gasteiger partial charge in [0.1, 0.15) is 5.78 Å². The zero-order chi connectivity index (χ0) is 11.3. The second-order valence-corrected chi connectivity index (χ2v) is 4.08. The lowest BCUT2D eigenvalue weighted by atomic mass is 9.93. The summed E-state index contributed by atoms with van der Waals surface area (Å²) in [6.45, 7) is 0.714. The van der Waals surface area contributed by atoms with E-state index in [0.29, 0.717) is 37.6 Å². The van der Waals surface area contributed by atoms with Crippen LogP contribution in [-0.4, -0.2) is 43.4 Å². The lowest BCUT2D eigenvalue weighted by Crippen LogP contribution is -2.36. The first kappa shape index (κ1) is 12.2. The fourth-order valence-corrected chi connectivity index (χ4v) is 1.92. The van der Waals surface area contributed by atoms with Crippen LogP contribution in [0.2, 0.25) is 0 Å². The van der Waals surface area contributed by atoms with Crippen molar-refractivity contribution in [3.8, 4) is 0 Å². The molecule has 86 valence electrons. The summed E-state index contributed by atoms with van der Waals surface area (Å²) >= 11 is 0. The van der Waals surface area contributed by atoms with Crippen molar-refractivity contribution in [2.24, 2.45) is 0 Å². The molecular formula is C11H19NO3. The molecule has 4 nitrogen and oxygen atoms in total. The Morgan fingerprint density at radius 2 is 2.07 bits per heavy atom. The molecule has 4 heteroatoms. The summed E-state index contributed by atoms with van der Waals surface area (Å²) in [4.78, 5) is 24.2. The zero-order valence-corrected chi connectivity index (χ0v) is 9.49. The van der Waals surface area contributed by atoms with Crippen LogP contribution in [0, 0.1) is 0 Å². The summed E-state index contributed by atoms with van der Waals surface area (Å²) in [6.07, 6.45) is 3.66. The van der Waals surface area contributed by atoms with Gasteiger partial charge in [-0.15, -0.1) is 0 Å².